The number of rotatable bonds is 6. The van der Waals surface area contributed by atoms with Crippen molar-refractivity contribution in [3.63, 3.8) is 0 Å². The molecule has 1 heterocycles. The second kappa shape index (κ2) is 8.03. The highest BCUT2D eigenvalue weighted by molar-refractivity contribution is 5.78. The molecule has 1 fully saturated rings. The number of nitrogens with zero attached hydrogens (tertiary/aromatic N) is 3. The van der Waals surface area contributed by atoms with E-state index in [0.29, 0.717) is 0 Å². The molecule has 22 heavy (non-hydrogen) atoms. The first-order valence-corrected chi connectivity index (χ1v) is 8.08. The fourth-order valence-corrected chi connectivity index (χ4v) is 2.69. The largest absolute Gasteiger partial charge is 0.482 e. The Morgan fingerprint density at radius 2 is 1.77 bits per heavy atom. The van der Waals surface area contributed by atoms with Crippen molar-refractivity contribution >= 4 is 11.6 Å². The molecule has 0 spiro atoms. The van der Waals surface area contributed by atoms with Crippen molar-refractivity contribution in [3.05, 3.63) is 24.3 Å². The van der Waals surface area contributed by atoms with Gasteiger partial charge in [-0.25, -0.2) is 0 Å². The van der Waals surface area contributed by atoms with Gasteiger partial charge in [-0.3, -0.25) is 4.79 Å². The minimum absolute atomic E-state index is 0.0400. The number of hydrogen-bond acceptors (Lipinski definition) is 4. The Labute approximate surface area is 133 Å². The van der Waals surface area contributed by atoms with Gasteiger partial charge in [-0.2, -0.15) is 0 Å². The van der Waals surface area contributed by atoms with E-state index in [9.17, 15) is 4.79 Å². The van der Waals surface area contributed by atoms with Gasteiger partial charge in [0.05, 0.1) is 5.69 Å². The van der Waals surface area contributed by atoms with Crippen molar-refractivity contribution in [1.82, 2.24) is 9.80 Å². The third-order valence-electron chi connectivity index (χ3n) is 4.18. The van der Waals surface area contributed by atoms with E-state index in [1.807, 2.05) is 32.0 Å². The zero-order chi connectivity index (χ0) is 15.9. The van der Waals surface area contributed by atoms with Crippen LogP contribution in [0.15, 0.2) is 24.3 Å². The molecule has 0 saturated carbocycles. The Balaban J connectivity index is 2.01. The highest BCUT2D eigenvalue weighted by atomic mass is 16.5. The molecule has 0 atom stereocenters. The van der Waals surface area contributed by atoms with Gasteiger partial charge in [0.1, 0.15) is 5.75 Å². The maximum Gasteiger partial charge on any atom is 0.260 e. The summed E-state index contributed by atoms with van der Waals surface area (Å²) < 4.78 is 5.82. The van der Waals surface area contributed by atoms with Crippen LogP contribution in [0.2, 0.25) is 0 Å². The van der Waals surface area contributed by atoms with Gasteiger partial charge in [0.25, 0.3) is 5.91 Å². The number of carbonyl (C=O) groups is 1. The minimum Gasteiger partial charge on any atom is -0.482 e. The van der Waals surface area contributed by atoms with E-state index < -0.39 is 0 Å². The Kier molecular flexibility index (Phi) is 6.07. The fraction of sp³-hybridized carbons (Fsp3) is 0.588. The summed E-state index contributed by atoms with van der Waals surface area (Å²) in [4.78, 5) is 18.5. The number of carbonyl (C=O) groups excluding carboxylic acids is 1. The van der Waals surface area contributed by atoms with Gasteiger partial charge < -0.3 is 19.4 Å². The summed E-state index contributed by atoms with van der Waals surface area (Å²) in [5, 5.41) is 0. The summed E-state index contributed by atoms with van der Waals surface area (Å²) in [6.45, 7) is 9.59. The van der Waals surface area contributed by atoms with E-state index >= 15 is 0 Å². The first kappa shape index (κ1) is 16.6. The summed E-state index contributed by atoms with van der Waals surface area (Å²) in [6, 6.07) is 8.00. The van der Waals surface area contributed by atoms with Crippen molar-refractivity contribution in [2.75, 3.05) is 57.8 Å². The van der Waals surface area contributed by atoms with Crippen LogP contribution in [-0.4, -0.2) is 68.6 Å². The molecule has 0 aromatic heterocycles. The number of anilines is 1. The summed E-state index contributed by atoms with van der Waals surface area (Å²) in [7, 11) is 2.14. The van der Waals surface area contributed by atoms with E-state index in [-0.39, 0.29) is 12.5 Å². The van der Waals surface area contributed by atoms with Crippen LogP contribution in [0.3, 0.4) is 0 Å². The molecule has 1 saturated heterocycles. The molecule has 2 rings (SSSR count). The average Bonchev–Trinajstić information content (AvgIpc) is 2.55. The van der Waals surface area contributed by atoms with Gasteiger partial charge in [0, 0.05) is 39.3 Å². The molecule has 5 heteroatoms. The van der Waals surface area contributed by atoms with Crippen LogP contribution in [0.1, 0.15) is 13.8 Å². The Bertz CT molecular complexity index is 481. The normalized spacial score (nSPS) is 15.7. The lowest BCUT2D eigenvalue weighted by Gasteiger charge is -2.34. The summed E-state index contributed by atoms with van der Waals surface area (Å²) in [5.74, 6) is 0.839. The predicted octanol–water partition coefficient (Wildman–Crippen LogP) is 1.69. The number of para-hydroxylation sites is 2. The number of likely N-dealkylation sites (N-methyl/N-ethyl adjacent to an activating group) is 2. The van der Waals surface area contributed by atoms with Crippen LogP contribution in [-0.2, 0) is 4.79 Å². The Hall–Kier alpha value is -1.75. The van der Waals surface area contributed by atoms with Crippen molar-refractivity contribution in [2.45, 2.75) is 13.8 Å². The van der Waals surface area contributed by atoms with Crippen molar-refractivity contribution < 1.29 is 9.53 Å². The average molecular weight is 305 g/mol. The molecule has 1 aliphatic heterocycles. The molecule has 1 aliphatic rings. The molecule has 0 radical (unpaired) electrons. The monoisotopic (exact) mass is 305 g/mol. The Morgan fingerprint density at radius 1 is 1.14 bits per heavy atom. The third-order valence-corrected chi connectivity index (χ3v) is 4.18. The number of amides is 1. The molecule has 1 amide bonds. The van der Waals surface area contributed by atoms with Crippen LogP contribution >= 0.6 is 0 Å². The maximum atomic E-state index is 12.1. The van der Waals surface area contributed by atoms with Gasteiger partial charge in [-0.05, 0) is 33.0 Å². The SMILES string of the molecule is CCN(CC)C(=O)COc1ccccc1N1CCN(C)CC1. The zero-order valence-electron chi connectivity index (χ0n) is 13.9. The molecule has 0 aliphatic carbocycles. The molecule has 0 bridgehead atoms. The van der Waals surface area contributed by atoms with Crippen LogP contribution in [0.5, 0.6) is 5.75 Å². The number of hydrogen-bond donors (Lipinski definition) is 0. The molecule has 122 valence electrons. The van der Waals surface area contributed by atoms with E-state index in [4.69, 9.17) is 4.74 Å². The minimum atomic E-state index is 0.0400. The van der Waals surface area contributed by atoms with E-state index in [1.165, 1.54) is 0 Å². The first-order valence-electron chi connectivity index (χ1n) is 8.08. The second-order valence-corrected chi connectivity index (χ2v) is 5.61. The van der Waals surface area contributed by atoms with Gasteiger partial charge in [0.2, 0.25) is 0 Å². The Morgan fingerprint density at radius 3 is 2.41 bits per heavy atom. The van der Waals surface area contributed by atoms with Crippen molar-refractivity contribution in [1.29, 1.82) is 0 Å². The molecule has 1 aromatic rings. The van der Waals surface area contributed by atoms with Gasteiger partial charge >= 0.3 is 0 Å². The van der Waals surface area contributed by atoms with Crippen LogP contribution in [0.4, 0.5) is 5.69 Å². The predicted molar refractivity (Wildman–Crippen MR) is 89.6 cm³/mol. The highest BCUT2D eigenvalue weighted by Gasteiger charge is 2.18. The molecular weight excluding hydrogens is 278 g/mol. The third kappa shape index (κ3) is 4.13. The molecule has 5 nitrogen and oxygen atoms in total. The lowest BCUT2D eigenvalue weighted by molar-refractivity contribution is -0.132. The quantitative estimate of drug-likeness (QED) is 0.801. The molecular formula is C17H27N3O2. The number of ether oxygens (including phenoxy) is 1. The smallest absolute Gasteiger partial charge is 0.260 e. The number of benzene rings is 1. The summed E-state index contributed by atoms with van der Waals surface area (Å²) >= 11 is 0. The maximum absolute atomic E-state index is 12.1. The van der Waals surface area contributed by atoms with Crippen molar-refractivity contribution in [2.24, 2.45) is 0 Å². The van der Waals surface area contributed by atoms with Crippen LogP contribution < -0.4 is 9.64 Å². The van der Waals surface area contributed by atoms with Gasteiger partial charge in [-0.1, -0.05) is 12.1 Å². The van der Waals surface area contributed by atoms with Gasteiger partial charge in [-0.15, -0.1) is 0 Å². The van der Waals surface area contributed by atoms with E-state index in [1.54, 1.807) is 4.90 Å². The lowest BCUT2D eigenvalue weighted by Crippen LogP contribution is -2.44. The molecule has 1 aromatic carbocycles. The topological polar surface area (TPSA) is 36.0 Å². The second-order valence-electron chi connectivity index (χ2n) is 5.61. The number of piperazine rings is 1. The van der Waals surface area contributed by atoms with E-state index in [2.05, 4.69) is 22.9 Å². The fourth-order valence-electron chi connectivity index (χ4n) is 2.69. The first-order chi connectivity index (χ1) is 10.7. The zero-order valence-corrected chi connectivity index (χ0v) is 13.9. The highest BCUT2D eigenvalue weighted by Crippen LogP contribution is 2.28. The van der Waals surface area contributed by atoms with Crippen LogP contribution in [0, 0.1) is 0 Å². The summed E-state index contributed by atoms with van der Waals surface area (Å²) in [5.41, 5.74) is 1.09. The summed E-state index contributed by atoms with van der Waals surface area (Å²) in [6.07, 6.45) is 0. The standard InChI is InChI=1S/C17H27N3O2/c1-4-19(5-2)17(21)14-22-16-9-7-6-8-15(16)20-12-10-18(3)11-13-20/h6-9H,4-5,10-14H2,1-3H3. The molecule has 0 unspecified atom stereocenters. The van der Waals surface area contributed by atoms with Crippen LogP contribution in [0.25, 0.3) is 0 Å². The van der Waals surface area contributed by atoms with E-state index in [0.717, 1.165) is 50.7 Å². The van der Waals surface area contributed by atoms with Gasteiger partial charge in [0.15, 0.2) is 6.61 Å². The molecule has 0 N–H and O–H groups in total. The lowest BCUT2D eigenvalue weighted by atomic mass is 10.2. The van der Waals surface area contributed by atoms with Crippen molar-refractivity contribution in [3.8, 4) is 5.75 Å².